The van der Waals surface area contributed by atoms with Crippen LogP contribution in [0.25, 0.3) is 11.0 Å². The third-order valence-electron chi connectivity index (χ3n) is 7.19. The van der Waals surface area contributed by atoms with Gasteiger partial charge in [-0.05, 0) is 99.9 Å². The van der Waals surface area contributed by atoms with Crippen molar-refractivity contribution in [2.45, 2.75) is 83.5 Å². The summed E-state index contributed by atoms with van der Waals surface area (Å²) in [6, 6.07) is 0.0312. The minimum atomic E-state index is -0.663. The highest BCUT2D eigenvalue weighted by molar-refractivity contribution is 14.1. The lowest BCUT2D eigenvalue weighted by Gasteiger charge is -2.37. The molecule has 0 unspecified atom stereocenters. The van der Waals surface area contributed by atoms with Crippen molar-refractivity contribution >= 4 is 62.9 Å². The van der Waals surface area contributed by atoms with Gasteiger partial charge in [0.25, 0.3) is 0 Å². The van der Waals surface area contributed by atoms with E-state index in [0.29, 0.717) is 30.1 Å². The van der Waals surface area contributed by atoms with Gasteiger partial charge in [-0.25, -0.2) is 9.78 Å². The van der Waals surface area contributed by atoms with Crippen molar-refractivity contribution in [1.82, 2.24) is 19.4 Å². The number of ether oxygens (including phenoxy) is 3. The van der Waals surface area contributed by atoms with Crippen LogP contribution in [-0.4, -0.2) is 62.2 Å². The van der Waals surface area contributed by atoms with Gasteiger partial charge >= 0.3 is 6.09 Å². The van der Waals surface area contributed by atoms with E-state index in [1.54, 1.807) is 0 Å². The molecule has 0 aromatic carbocycles. The Morgan fingerprint density at radius 2 is 1.83 bits per heavy atom. The summed E-state index contributed by atoms with van der Waals surface area (Å²) in [5.41, 5.74) is 0.226. The SMILES string of the molecule is CC(C)(C)OC(=O)N1CCC([C@H]2C[C@@H](n3cc(I)c4c(Cl)nc(Cl)nc43)[C@@H]3OC(C)(C)O[C@@H]32)CC1. The van der Waals surface area contributed by atoms with Crippen LogP contribution in [0.4, 0.5) is 4.79 Å². The molecule has 3 aliphatic rings. The van der Waals surface area contributed by atoms with Crippen molar-refractivity contribution in [3.63, 3.8) is 0 Å². The lowest BCUT2D eigenvalue weighted by molar-refractivity contribution is -0.163. The van der Waals surface area contributed by atoms with Gasteiger partial charge in [0.05, 0.1) is 17.5 Å². The number of likely N-dealkylation sites (tertiary alicyclic amines) is 1. The van der Waals surface area contributed by atoms with E-state index in [0.717, 1.165) is 33.9 Å². The molecule has 11 heteroatoms. The standard InChI is InChI=1S/C24H31Cl2IN4O4/c1-23(2,3)35-22(32)30-8-6-12(7-9-30)13-10-15(18-17(13)33-24(4,5)34-18)31-11-14(27)16-19(25)28-21(26)29-20(16)31/h11-13,15,17-18H,6-10H2,1-5H3/t13-,15-,17-,18+/m1/s1. The number of fused-ring (bicyclic) bond motifs is 2. The number of amides is 1. The van der Waals surface area contributed by atoms with Crippen LogP contribution in [0.3, 0.4) is 0 Å². The van der Waals surface area contributed by atoms with Crippen LogP contribution >= 0.6 is 45.8 Å². The second-order valence-corrected chi connectivity index (χ2v) is 13.1. The summed E-state index contributed by atoms with van der Waals surface area (Å²) in [4.78, 5) is 23.0. The molecule has 1 amide bonds. The monoisotopic (exact) mass is 636 g/mol. The molecule has 1 aliphatic carbocycles. The molecule has 2 aromatic rings. The predicted octanol–water partition coefficient (Wildman–Crippen LogP) is 6.07. The van der Waals surface area contributed by atoms with Gasteiger partial charge in [-0.15, -0.1) is 0 Å². The van der Waals surface area contributed by atoms with Gasteiger partial charge in [0.1, 0.15) is 22.5 Å². The van der Waals surface area contributed by atoms with E-state index in [-0.39, 0.29) is 29.6 Å². The first-order chi connectivity index (χ1) is 16.3. The smallest absolute Gasteiger partial charge is 0.410 e. The zero-order chi connectivity index (χ0) is 25.3. The zero-order valence-corrected chi connectivity index (χ0v) is 24.2. The average Bonchev–Trinajstić information content (AvgIpc) is 3.34. The largest absolute Gasteiger partial charge is 0.444 e. The predicted molar refractivity (Wildman–Crippen MR) is 142 cm³/mol. The third kappa shape index (κ3) is 5.00. The Morgan fingerprint density at radius 1 is 1.17 bits per heavy atom. The summed E-state index contributed by atoms with van der Waals surface area (Å²) in [7, 11) is 0. The molecule has 0 N–H and O–H groups in total. The number of halogens is 3. The lowest BCUT2D eigenvalue weighted by Crippen LogP contribution is -2.44. The molecule has 192 valence electrons. The molecule has 0 bridgehead atoms. The van der Waals surface area contributed by atoms with E-state index in [2.05, 4.69) is 43.3 Å². The van der Waals surface area contributed by atoms with Gasteiger partial charge in [-0.1, -0.05) is 11.6 Å². The van der Waals surface area contributed by atoms with Crippen LogP contribution in [-0.2, 0) is 14.2 Å². The number of rotatable bonds is 2. The van der Waals surface area contributed by atoms with Gasteiger partial charge in [0.2, 0.25) is 5.28 Å². The number of nitrogens with zero attached hydrogens (tertiary/aromatic N) is 4. The van der Waals surface area contributed by atoms with Gasteiger partial charge in [0, 0.05) is 22.9 Å². The Bertz CT molecular complexity index is 1140. The molecule has 4 atom stereocenters. The second kappa shape index (κ2) is 9.15. The maximum Gasteiger partial charge on any atom is 0.410 e. The summed E-state index contributed by atoms with van der Waals surface area (Å²) in [6.45, 7) is 11.0. The summed E-state index contributed by atoms with van der Waals surface area (Å²) in [5.74, 6) is 0.0611. The number of aromatic nitrogens is 3. The van der Waals surface area contributed by atoms with E-state index in [4.69, 9.17) is 37.4 Å². The molecule has 3 fully saturated rings. The van der Waals surface area contributed by atoms with Crippen LogP contribution in [0, 0.1) is 15.4 Å². The fourth-order valence-corrected chi connectivity index (χ4v) is 7.28. The maximum absolute atomic E-state index is 12.5. The van der Waals surface area contributed by atoms with Crippen LogP contribution < -0.4 is 0 Å². The van der Waals surface area contributed by atoms with E-state index in [1.807, 2.05) is 39.5 Å². The van der Waals surface area contributed by atoms with Crippen molar-refractivity contribution in [2.75, 3.05) is 13.1 Å². The Morgan fingerprint density at radius 3 is 2.49 bits per heavy atom. The number of hydrogen-bond acceptors (Lipinski definition) is 6. The summed E-state index contributed by atoms with van der Waals surface area (Å²) in [6.07, 6.45) is 4.39. The summed E-state index contributed by atoms with van der Waals surface area (Å²) >= 11 is 14.9. The molecular weight excluding hydrogens is 606 g/mol. The summed E-state index contributed by atoms with van der Waals surface area (Å²) < 4.78 is 21.6. The molecule has 4 heterocycles. The fourth-order valence-electron chi connectivity index (χ4n) is 5.85. The quantitative estimate of drug-likeness (QED) is 0.226. The Hall–Kier alpha value is -0.880. The van der Waals surface area contributed by atoms with Crippen LogP contribution in [0.1, 0.15) is 59.9 Å². The first-order valence-electron chi connectivity index (χ1n) is 12.1. The first kappa shape index (κ1) is 25.8. The highest BCUT2D eigenvalue weighted by atomic mass is 127. The van der Waals surface area contributed by atoms with Crippen molar-refractivity contribution in [3.8, 4) is 0 Å². The van der Waals surface area contributed by atoms with Crippen molar-refractivity contribution in [2.24, 2.45) is 11.8 Å². The maximum atomic E-state index is 12.5. The number of carbonyl (C=O) groups is 1. The molecule has 2 saturated heterocycles. The molecule has 0 spiro atoms. The van der Waals surface area contributed by atoms with Crippen LogP contribution in [0.15, 0.2) is 6.20 Å². The molecule has 2 aromatic heterocycles. The van der Waals surface area contributed by atoms with Gasteiger partial charge in [0.15, 0.2) is 5.79 Å². The van der Waals surface area contributed by atoms with Crippen molar-refractivity contribution in [1.29, 1.82) is 0 Å². The topological polar surface area (TPSA) is 78.7 Å². The first-order valence-corrected chi connectivity index (χ1v) is 13.9. The Kier molecular flexibility index (Phi) is 6.73. The molecular formula is C24H31Cl2IN4O4. The molecule has 0 radical (unpaired) electrons. The molecule has 2 aliphatic heterocycles. The highest BCUT2D eigenvalue weighted by Crippen LogP contribution is 2.52. The minimum Gasteiger partial charge on any atom is -0.444 e. The molecule has 35 heavy (non-hydrogen) atoms. The number of piperidine rings is 1. The molecule has 8 nitrogen and oxygen atoms in total. The Balaban J connectivity index is 1.39. The van der Waals surface area contributed by atoms with E-state index < -0.39 is 11.4 Å². The van der Waals surface area contributed by atoms with Crippen LogP contribution in [0.5, 0.6) is 0 Å². The number of hydrogen-bond donors (Lipinski definition) is 0. The Labute approximate surface area is 229 Å². The summed E-state index contributed by atoms with van der Waals surface area (Å²) in [5, 5.41) is 1.29. The van der Waals surface area contributed by atoms with E-state index >= 15 is 0 Å². The lowest BCUT2D eigenvalue weighted by atomic mass is 9.82. The van der Waals surface area contributed by atoms with Crippen molar-refractivity contribution < 1.29 is 19.0 Å². The minimum absolute atomic E-state index is 0.0312. The zero-order valence-electron chi connectivity index (χ0n) is 20.6. The van der Waals surface area contributed by atoms with E-state index in [9.17, 15) is 4.79 Å². The molecule has 5 rings (SSSR count). The normalized spacial score (nSPS) is 29.1. The van der Waals surface area contributed by atoms with Gasteiger partial charge < -0.3 is 23.7 Å². The third-order valence-corrected chi connectivity index (χ3v) is 8.45. The number of carbonyl (C=O) groups excluding carboxylic acids is 1. The second-order valence-electron chi connectivity index (χ2n) is 11.2. The highest BCUT2D eigenvalue weighted by Gasteiger charge is 2.56. The van der Waals surface area contributed by atoms with Crippen molar-refractivity contribution in [3.05, 3.63) is 20.2 Å². The molecule has 1 saturated carbocycles. The van der Waals surface area contributed by atoms with Gasteiger partial charge in [-0.2, -0.15) is 4.98 Å². The fraction of sp³-hybridized carbons (Fsp3) is 0.708. The van der Waals surface area contributed by atoms with E-state index in [1.165, 1.54) is 0 Å². The average molecular weight is 637 g/mol. The van der Waals surface area contributed by atoms with Crippen LogP contribution in [0.2, 0.25) is 10.4 Å². The van der Waals surface area contributed by atoms with Gasteiger partial charge in [-0.3, -0.25) is 0 Å².